The average Bonchev–Trinajstić information content (AvgIpc) is 2.61. The summed E-state index contributed by atoms with van der Waals surface area (Å²) in [6, 6.07) is 13.4. The van der Waals surface area contributed by atoms with Crippen LogP contribution < -0.4 is 0 Å². The van der Waals surface area contributed by atoms with Crippen molar-refractivity contribution in [2.45, 2.75) is 26.2 Å². The maximum atomic E-state index is 2.33. The molecule has 1 unspecified atom stereocenters. The minimum atomic E-state index is 0.728. The summed E-state index contributed by atoms with van der Waals surface area (Å²) in [6.45, 7) is 4.66. The summed E-state index contributed by atoms with van der Waals surface area (Å²) < 4.78 is 0. The van der Waals surface area contributed by atoms with E-state index in [0.717, 1.165) is 11.8 Å². The molecule has 15 heavy (non-hydrogen) atoms. The Kier molecular flexibility index (Phi) is 1.85. The first kappa shape index (κ1) is 8.96. The van der Waals surface area contributed by atoms with E-state index < -0.39 is 0 Å². The second-order valence-electron chi connectivity index (χ2n) is 4.92. The highest BCUT2D eigenvalue weighted by atomic mass is 14.3. The molecule has 3 rings (SSSR count). The maximum Gasteiger partial charge on any atom is -0.00919 e. The van der Waals surface area contributed by atoms with Gasteiger partial charge < -0.3 is 0 Å². The van der Waals surface area contributed by atoms with Crippen LogP contribution >= 0.6 is 0 Å². The second-order valence-corrected chi connectivity index (χ2v) is 4.92. The van der Waals surface area contributed by atoms with Crippen LogP contribution in [-0.4, -0.2) is 0 Å². The van der Waals surface area contributed by atoms with Crippen LogP contribution in [0.15, 0.2) is 36.4 Å². The lowest BCUT2D eigenvalue weighted by Crippen LogP contribution is -2.04. The third-order valence-electron chi connectivity index (χ3n) is 3.67. The van der Waals surface area contributed by atoms with E-state index >= 15 is 0 Å². The predicted molar refractivity (Wildman–Crippen MR) is 65.2 cm³/mol. The van der Waals surface area contributed by atoms with Gasteiger partial charge in [-0.3, -0.25) is 0 Å². The largest absolute Gasteiger partial charge is 0.0622 e. The van der Waals surface area contributed by atoms with Crippen LogP contribution in [0.2, 0.25) is 0 Å². The van der Waals surface area contributed by atoms with Crippen LogP contribution in [0.3, 0.4) is 0 Å². The molecular weight excluding hydrogens is 180 g/mol. The fraction of sp³-hybridized carbons (Fsp3) is 0.333. The SMILES string of the molecule is CC(C)C1Cc2cccc3cccc1c23. The zero-order valence-electron chi connectivity index (χ0n) is 9.33. The average molecular weight is 196 g/mol. The van der Waals surface area contributed by atoms with E-state index in [4.69, 9.17) is 0 Å². The summed E-state index contributed by atoms with van der Waals surface area (Å²) in [6.07, 6.45) is 1.23. The van der Waals surface area contributed by atoms with Crippen LogP contribution in [-0.2, 0) is 6.42 Å². The molecule has 0 saturated carbocycles. The van der Waals surface area contributed by atoms with Gasteiger partial charge in [0, 0.05) is 0 Å². The van der Waals surface area contributed by atoms with E-state index in [-0.39, 0.29) is 0 Å². The second kappa shape index (κ2) is 3.10. The topological polar surface area (TPSA) is 0 Å². The fourth-order valence-electron chi connectivity index (χ4n) is 2.87. The molecule has 0 aliphatic heterocycles. The molecule has 0 N–H and O–H groups in total. The molecule has 0 saturated heterocycles. The lowest BCUT2D eigenvalue weighted by molar-refractivity contribution is 0.510. The number of hydrogen-bond donors (Lipinski definition) is 0. The first-order chi connectivity index (χ1) is 7.27. The summed E-state index contributed by atoms with van der Waals surface area (Å²) in [5, 5.41) is 2.94. The highest BCUT2D eigenvalue weighted by Crippen LogP contribution is 2.41. The van der Waals surface area contributed by atoms with Crippen molar-refractivity contribution < 1.29 is 0 Å². The number of hydrogen-bond acceptors (Lipinski definition) is 0. The molecule has 1 aliphatic rings. The molecule has 0 amide bonds. The Morgan fingerprint density at radius 3 is 2.53 bits per heavy atom. The summed E-state index contributed by atoms with van der Waals surface area (Å²) in [5.41, 5.74) is 3.11. The minimum absolute atomic E-state index is 0.728. The minimum Gasteiger partial charge on any atom is -0.0622 e. The molecule has 1 atom stereocenters. The van der Waals surface area contributed by atoms with Gasteiger partial charge in [-0.25, -0.2) is 0 Å². The summed E-state index contributed by atoms with van der Waals surface area (Å²) in [7, 11) is 0. The van der Waals surface area contributed by atoms with Crippen molar-refractivity contribution in [2.75, 3.05) is 0 Å². The number of benzene rings is 2. The van der Waals surface area contributed by atoms with Gasteiger partial charge in [-0.15, -0.1) is 0 Å². The fourth-order valence-corrected chi connectivity index (χ4v) is 2.87. The Morgan fingerprint density at radius 1 is 1.07 bits per heavy atom. The predicted octanol–water partition coefficient (Wildman–Crippen LogP) is 4.14. The van der Waals surface area contributed by atoms with Gasteiger partial charge in [0.15, 0.2) is 0 Å². The van der Waals surface area contributed by atoms with E-state index in [1.165, 1.54) is 17.2 Å². The Bertz CT molecular complexity index is 503. The Morgan fingerprint density at radius 2 is 1.80 bits per heavy atom. The van der Waals surface area contributed by atoms with Gasteiger partial charge in [0.2, 0.25) is 0 Å². The van der Waals surface area contributed by atoms with Crippen molar-refractivity contribution in [1.29, 1.82) is 0 Å². The van der Waals surface area contributed by atoms with Gasteiger partial charge in [-0.2, -0.15) is 0 Å². The zero-order valence-corrected chi connectivity index (χ0v) is 9.33. The number of rotatable bonds is 1. The van der Waals surface area contributed by atoms with E-state index in [1.54, 1.807) is 11.1 Å². The first-order valence-corrected chi connectivity index (χ1v) is 5.78. The molecule has 0 heteroatoms. The lowest BCUT2D eigenvalue weighted by atomic mass is 9.89. The van der Waals surface area contributed by atoms with Gasteiger partial charge >= 0.3 is 0 Å². The van der Waals surface area contributed by atoms with Gasteiger partial charge in [-0.1, -0.05) is 50.2 Å². The monoisotopic (exact) mass is 196 g/mol. The molecule has 0 bridgehead atoms. The Balaban J connectivity index is 2.31. The Labute approximate surface area is 90.9 Å². The maximum absolute atomic E-state index is 2.33. The van der Waals surface area contributed by atoms with Crippen molar-refractivity contribution in [1.82, 2.24) is 0 Å². The van der Waals surface area contributed by atoms with Crippen molar-refractivity contribution >= 4 is 10.8 Å². The molecule has 2 aromatic carbocycles. The molecule has 2 aromatic rings. The molecule has 0 radical (unpaired) electrons. The highest BCUT2D eigenvalue weighted by Gasteiger charge is 2.25. The van der Waals surface area contributed by atoms with Crippen LogP contribution in [0.5, 0.6) is 0 Å². The molecule has 0 aromatic heterocycles. The molecule has 76 valence electrons. The van der Waals surface area contributed by atoms with Crippen LogP contribution in [0.1, 0.15) is 30.9 Å². The van der Waals surface area contributed by atoms with E-state index in [0.29, 0.717) is 0 Å². The van der Waals surface area contributed by atoms with Crippen molar-refractivity contribution in [3.63, 3.8) is 0 Å². The molecular formula is C15H16. The van der Waals surface area contributed by atoms with Gasteiger partial charge in [-0.05, 0) is 40.2 Å². The van der Waals surface area contributed by atoms with Crippen LogP contribution in [0, 0.1) is 5.92 Å². The molecule has 0 nitrogen and oxygen atoms in total. The molecule has 0 fully saturated rings. The van der Waals surface area contributed by atoms with Crippen molar-refractivity contribution in [3.8, 4) is 0 Å². The zero-order chi connectivity index (χ0) is 10.4. The molecule has 0 spiro atoms. The van der Waals surface area contributed by atoms with Crippen LogP contribution in [0.25, 0.3) is 10.8 Å². The molecule has 0 heterocycles. The molecule has 1 aliphatic carbocycles. The lowest BCUT2D eigenvalue weighted by Gasteiger charge is -2.15. The van der Waals surface area contributed by atoms with E-state index in [1.807, 2.05) is 0 Å². The summed E-state index contributed by atoms with van der Waals surface area (Å²) >= 11 is 0. The smallest absolute Gasteiger partial charge is 0.00919 e. The van der Waals surface area contributed by atoms with Gasteiger partial charge in [0.1, 0.15) is 0 Å². The summed E-state index contributed by atoms with van der Waals surface area (Å²) in [4.78, 5) is 0. The highest BCUT2D eigenvalue weighted by molar-refractivity contribution is 5.91. The van der Waals surface area contributed by atoms with Crippen molar-refractivity contribution in [3.05, 3.63) is 47.5 Å². The third kappa shape index (κ3) is 1.21. The van der Waals surface area contributed by atoms with Gasteiger partial charge in [0.05, 0.1) is 0 Å². The van der Waals surface area contributed by atoms with Crippen LogP contribution in [0.4, 0.5) is 0 Å². The quantitative estimate of drug-likeness (QED) is 0.643. The first-order valence-electron chi connectivity index (χ1n) is 5.78. The van der Waals surface area contributed by atoms with Crippen molar-refractivity contribution in [2.24, 2.45) is 5.92 Å². The van der Waals surface area contributed by atoms with Gasteiger partial charge in [0.25, 0.3) is 0 Å². The van der Waals surface area contributed by atoms with E-state index in [9.17, 15) is 0 Å². The normalized spacial score (nSPS) is 19.0. The standard InChI is InChI=1S/C15H16/c1-10(2)14-9-12-7-3-5-11-6-4-8-13(14)15(11)12/h3-8,10,14H,9H2,1-2H3. The van der Waals surface area contributed by atoms with E-state index in [2.05, 4.69) is 50.2 Å². The Hall–Kier alpha value is -1.30. The summed E-state index contributed by atoms with van der Waals surface area (Å²) in [5.74, 6) is 1.47. The third-order valence-corrected chi connectivity index (χ3v) is 3.67.